The Hall–Kier alpha value is -1.79. The first-order valence-corrected chi connectivity index (χ1v) is 6.29. The van der Waals surface area contributed by atoms with E-state index < -0.39 is 23.4 Å². The number of urea groups is 1. The Kier molecular flexibility index (Phi) is 4.74. The Balaban J connectivity index is 2.40. The first-order chi connectivity index (χ1) is 8.69. The number of hydrogen-bond acceptors (Lipinski definition) is 3. The van der Waals surface area contributed by atoms with Crippen molar-refractivity contribution in [1.82, 2.24) is 10.6 Å². The summed E-state index contributed by atoms with van der Waals surface area (Å²) >= 11 is 0. The van der Waals surface area contributed by atoms with E-state index in [1.807, 2.05) is 0 Å². The fraction of sp³-hybridized carbons (Fsp3) is 0.750. The predicted octanol–water partition coefficient (Wildman–Crippen LogP) is 0.193. The summed E-state index contributed by atoms with van der Waals surface area (Å²) in [5, 5.41) is 14.3. The molecule has 1 saturated carbocycles. The summed E-state index contributed by atoms with van der Waals surface area (Å²) in [6.07, 6.45) is 1.72. The van der Waals surface area contributed by atoms with Gasteiger partial charge in [-0.15, -0.1) is 0 Å². The standard InChI is InChI=1S/C12H21N3O4/c1-12(2,6-9(13)16)15-11(19)14-8-4-3-7(5-8)10(17)18/h7-8H,3-6H2,1-2H3,(H2,13,16)(H,17,18)(H2,14,15,19)/t7-,8+/m1/s1. The number of primary amides is 1. The topological polar surface area (TPSA) is 122 Å². The third-order valence-electron chi connectivity index (χ3n) is 3.19. The fourth-order valence-corrected chi connectivity index (χ4v) is 2.35. The molecule has 0 aliphatic heterocycles. The molecule has 0 aromatic rings. The second-order valence-electron chi connectivity index (χ2n) is 5.67. The molecule has 0 aromatic heterocycles. The Morgan fingerprint density at radius 3 is 2.42 bits per heavy atom. The number of amides is 3. The molecule has 1 aliphatic carbocycles. The first kappa shape index (κ1) is 15.3. The number of carboxylic acid groups (broad SMARTS) is 1. The molecule has 0 saturated heterocycles. The van der Waals surface area contributed by atoms with E-state index in [1.165, 1.54) is 0 Å². The number of nitrogens with one attached hydrogen (secondary N) is 2. The van der Waals surface area contributed by atoms with Gasteiger partial charge in [0.25, 0.3) is 0 Å². The van der Waals surface area contributed by atoms with Gasteiger partial charge in [-0.25, -0.2) is 4.79 Å². The summed E-state index contributed by atoms with van der Waals surface area (Å²) in [6.45, 7) is 3.40. The summed E-state index contributed by atoms with van der Waals surface area (Å²) in [6, 6.07) is -0.534. The maximum Gasteiger partial charge on any atom is 0.315 e. The van der Waals surface area contributed by atoms with Crippen LogP contribution in [0.5, 0.6) is 0 Å². The van der Waals surface area contributed by atoms with Crippen LogP contribution >= 0.6 is 0 Å². The molecule has 3 amide bonds. The lowest BCUT2D eigenvalue weighted by Gasteiger charge is -2.26. The van der Waals surface area contributed by atoms with Crippen molar-refractivity contribution in [3.63, 3.8) is 0 Å². The molecule has 19 heavy (non-hydrogen) atoms. The van der Waals surface area contributed by atoms with E-state index in [0.29, 0.717) is 19.3 Å². The molecule has 7 heteroatoms. The molecular weight excluding hydrogens is 250 g/mol. The lowest BCUT2D eigenvalue weighted by atomic mass is 10.0. The second kappa shape index (κ2) is 5.90. The zero-order valence-corrected chi connectivity index (χ0v) is 11.2. The number of aliphatic carboxylic acids is 1. The number of rotatable bonds is 5. The van der Waals surface area contributed by atoms with Crippen LogP contribution in [-0.4, -0.2) is 34.6 Å². The molecule has 0 aromatic carbocycles. The molecule has 0 heterocycles. The van der Waals surface area contributed by atoms with Crippen LogP contribution in [0.1, 0.15) is 39.5 Å². The monoisotopic (exact) mass is 271 g/mol. The molecule has 0 radical (unpaired) electrons. The Morgan fingerprint density at radius 1 is 1.32 bits per heavy atom. The molecule has 0 unspecified atom stereocenters. The zero-order chi connectivity index (χ0) is 14.6. The van der Waals surface area contributed by atoms with Gasteiger partial charge in [-0.05, 0) is 33.1 Å². The third-order valence-corrected chi connectivity index (χ3v) is 3.19. The van der Waals surface area contributed by atoms with Crippen molar-refractivity contribution in [3.8, 4) is 0 Å². The van der Waals surface area contributed by atoms with E-state index in [9.17, 15) is 14.4 Å². The zero-order valence-electron chi connectivity index (χ0n) is 11.2. The van der Waals surface area contributed by atoms with Crippen molar-refractivity contribution >= 4 is 17.9 Å². The van der Waals surface area contributed by atoms with Crippen molar-refractivity contribution in [2.45, 2.75) is 51.1 Å². The van der Waals surface area contributed by atoms with Crippen LogP contribution in [0.25, 0.3) is 0 Å². The van der Waals surface area contributed by atoms with Crippen LogP contribution in [0.15, 0.2) is 0 Å². The normalized spacial score (nSPS) is 22.8. The number of nitrogens with two attached hydrogens (primary N) is 1. The number of hydrogen-bond donors (Lipinski definition) is 4. The van der Waals surface area contributed by atoms with E-state index in [-0.39, 0.29) is 18.4 Å². The Bertz CT molecular complexity index is 381. The SMILES string of the molecule is CC(C)(CC(N)=O)NC(=O)N[C@H]1CC[C@@H](C(=O)O)C1. The molecule has 1 rings (SSSR count). The maximum atomic E-state index is 11.8. The largest absolute Gasteiger partial charge is 0.481 e. The minimum absolute atomic E-state index is 0.0445. The summed E-state index contributed by atoms with van der Waals surface area (Å²) in [5.41, 5.74) is 4.37. The van der Waals surface area contributed by atoms with E-state index in [2.05, 4.69) is 10.6 Å². The van der Waals surface area contributed by atoms with E-state index in [0.717, 1.165) is 0 Å². The van der Waals surface area contributed by atoms with Crippen LogP contribution in [0, 0.1) is 5.92 Å². The van der Waals surface area contributed by atoms with E-state index in [4.69, 9.17) is 10.8 Å². The van der Waals surface area contributed by atoms with Crippen molar-refractivity contribution in [3.05, 3.63) is 0 Å². The fourth-order valence-electron chi connectivity index (χ4n) is 2.35. The second-order valence-corrected chi connectivity index (χ2v) is 5.67. The van der Waals surface area contributed by atoms with Crippen LogP contribution < -0.4 is 16.4 Å². The molecule has 0 bridgehead atoms. The highest BCUT2D eigenvalue weighted by atomic mass is 16.4. The van der Waals surface area contributed by atoms with Gasteiger partial charge in [0.2, 0.25) is 5.91 Å². The van der Waals surface area contributed by atoms with E-state index >= 15 is 0 Å². The summed E-state index contributed by atoms with van der Waals surface area (Å²) < 4.78 is 0. The van der Waals surface area contributed by atoms with Crippen LogP contribution in [0.2, 0.25) is 0 Å². The lowest BCUT2D eigenvalue weighted by molar-refractivity contribution is -0.141. The molecule has 7 nitrogen and oxygen atoms in total. The van der Waals surface area contributed by atoms with Gasteiger partial charge in [0.15, 0.2) is 0 Å². The van der Waals surface area contributed by atoms with Gasteiger partial charge in [-0.1, -0.05) is 0 Å². The molecule has 1 aliphatic rings. The van der Waals surface area contributed by atoms with Crippen molar-refractivity contribution in [2.75, 3.05) is 0 Å². The first-order valence-electron chi connectivity index (χ1n) is 6.29. The van der Waals surface area contributed by atoms with Gasteiger partial charge in [0.05, 0.1) is 5.92 Å². The highest BCUT2D eigenvalue weighted by Crippen LogP contribution is 2.25. The molecule has 1 fully saturated rings. The van der Waals surface area contributed by atoms with Gasteiger partial charge in [0, 0.05) is 18.0 Å². The molecule has 108 valence electrons. The predicted molar refractivity (Wildman–Crippen MR) is 68.3 cm³/mol. The van der Waals surface area contributed by atoms with Crippen molar-refractivity contribution in [2.24, 2.45) is 11.7 Å². The minimum Gasteiger partial charge on any atom is -0.481 e. The molecule has 5 N–H and O–H groups in total. The van der Waals surface area contributed by atoms with Crippen LogP contribution in [0.4, 0.5) is 4.79 Å². The smallest absolute Gasteiger partial charge is 0.315 e. The summed E-state index contributed by atoms with van der Waals surface area (Å²) in [5.74, 6) is -1.69. The number of carbonyl (C=O) groups excluding carboxylic acids is 2. The van der Waals surface area contributed by atoms with Gasteiger partial charge < -0.3 is 21.5 Å². The van der Waals surface area contributed by atoms with Gasteiger partial charge >= 0.3 is 12.0 Å². The quantitative estimate of drug-likeness (QED) is 0.570. The van der Waals surface area contributed by atoms with Crippen molar-refractivity contribution < 1.29 is 19.5 Å². The van der Waals surface area contributed by atoms with Gasteiger partial charge in [0.1, 0.15) is 0 Å². The number of carbonyl (C=O) groups is 3. The van der Waals surface area contributed by atoms with Gasteiger partial charge in [-0.2, -0.15) is 0 Å². The van der Waals surface area contributed by atoms with E-state index in [1.54, 1.807) is 13.8 Å². The minimum atomic E-state index is -0.821. The van der Waals surface area contributed by atoms with Gasteiger partial charge in [-0.3, -0.25) is 9.59 Å². The van der Waals surface area contributed by atoms with Crippen LogP contribution in [-0.2, 0) is 9.59 Å². The Labute approximate surface area is 111 Å². The van der Waals surface area contributed by atoms with Crippen LogP contribution in [0.3, 0.4) is 0 Å². The summed E-state index contributed by atoms with van der Waals surface area (Å²) in [4.78, 5) is 33.4. The molecule has 2 atom stereocenters. The highest BCUT2D eigenvalue weighted by molar-refractivity contribution is 5.79. The number of carboxylic acids is 1. The lowest BCUT2D eigenvalue weighted by Crippen LogP contribution is -2.52. The third kappa shape index (κ3) is 5.15. The summed E-state index contributed by atoms with van der Waals surface area (Å²) in [7, 11) is 0. The maximum absolute atomic E-state index is 11.8. The average Bonchev–Trinajstić information content (AvgIpc) is 2.62. The van der Waals surface area contributed by atoms with Crippen molar-refractivity contribution in [1.29, 1.82) is 0 Å². The highest BCUT2D eigenvalue weighted by Gasteiger charge is 2.31. The molecular formula is C12H21N3O4. The Morgan fingerprint density at radius 2 is 1.95 bits per heavy atom. The average molecular weight is 271 g/mol. The molecule has 0 spiro atoms.